The first kappa shape index (κ1) is 16.5. The van der Waals surface area contributed by atoms with Crippen LogP contribution in [-0.2, 0) is 9.53 Å². The van der Waals surface area contributed by atoms with E-state index in [1.807, 2.05) is 6.92 Å². The first-order valence-electron chi connectivity index (χ1n) is 7.43. The lowest BCUT2D eigenvalue weighted by Gasteiger charge is -2.07. The third-order valence-corrected chi connectivity index (χ3v) is 3.23. The maximum atomic E-state index is 11.9. The highest BCUT2D eigenvalue weighted by atomic mass is 16.5. The van der Waals surface area contributed by atoms with E-state index < -0.39 is 5.97 Å². The molecule has 0 radical (unpaired) electrons. The SMILES string of the molecule is CCCNC(=O)COC(=O)c1ccc(-c2ccc(O)cc2)cc1. The summed E-state index contributed by atoms with van der Waals surface area (Å²) in [5, 5.41) is 11.9. The van der Waals surface area contributed by atoms with E-state index in [4.69, 9.17) is 4.74 Å². The van der Waals surface area contributed by atoms with E-state index in [1.54, 1.807) is 48.5 Å². The van der Waals surface area contributed by atoms with E-state index in [1.165, 1.54) is 0 Å². The standard InChI is InChI=1S/C18H19NO4/c1-2-11-19-17(21)12-23-18(22)15-5-3-13(4-6-15)14-7-9-16(20)10-8-14/h3-10,20H,2,11-12H2,1H3,(H,19,21). The number of esters is 1. The van der Waals surface area contributed by atoms with Crippen molar-refractivity contribution in [2.45, 2.75) is 13.3 Å². The van der Waals surface area contributed by atoms with Crippen molar-refractivity contribution in [2.75, 3.05) is 13.2 Å². The second kappa shape index (κ2) is 7.98. The number of ether oxygens (including phenoxy) is 1. The van der Waals surface area contributed by atoms with Gasteiger partial charge in [-0.25, -0.2) is 4.79 Å². The molecule has 0 bridgehead atoms. The molecule has 1 amide bonds. The number of nitrogens with one attached hydrogen (secondary N) is 1. The summed E-state index contributed by atoms with van der Waals surface area (Å²) in [7, 11) is 0. The van der Waals surface area contributed by atoms with Gasteiger partial charge in [-0.2, -0.15) is 0 Å². The van der Waals surface area contributed by atoms with Gasteiger partial charge in [0, 0.05) is 6.54 Å². The third-order valence-electron chi connectivity index (χ3n) is 3.23. The fraction of sp³-hybridized carbons (Fsp3) is 0.222. The summed E-state index contributed by atoms with van der Waals surface area (Å²) in [4.78, 5) is 23.3. The molecule has 2 N–H and O–H groups in total. The molecule has 0 saturated heterocycles. The van der Waals surface area contributed by atoms with Crippen molar-refractivity contribution in [3.8, 4) is 16.9 Å². The van der Waals surface area contributed by atoms with Gasteiger partial charge >= 0.3 is 5.97 Å². The fourth-order valence-corrected chi connectivity index (χ4v) is 1.98. The molecule has 0 heterocycles. The van der Waals surface area contributed by atoms with Crippen LogP contribution in [-0.4, -0.2) is 30.1 Å². The molecule has 0 fully saturated rings. The van der Waals surface area contributed by atoms with Crippen LogP contribution in [0.3, 0.4) is 0 Å². The lowest BCUT2D eigenvalue weighted by Crippen LogP contribution is -2.29. The summed E-state index contributed by atoms with van der Waals surface area (Å²) in [6, 6.07) is 13.7. The molecular weight excluding hydrogens is 294 g/mol. The minimum Gasteiger partial charge on any atom is -0.508 e. The third kappa shape index (κ3) is 4.85. The molecule has 0 aliphatic heterocycles. The summed E-state index contributed by atoms with van der Waals surface area (Å²) in [6.07, 6.45) is 0.832. The second-order valence-corrected chi connectivity index (χ2v) is 5.05. The van der Waals surface area contributed by atoms with E-state index in [0.717, 1.165) is 17.5 Å². The van der Waals surface area contributed by atoms with Crippen LogP contribution in [0.1, 0.15) is 23.7 Å². The molecule has 0 unspecified atom stereocenters. The topological polar surface area (TPSA) is 75.6 Å². The van der Waals surface area contributed by atoms with Crippen molar-refractivity contribution in [1.29, 1.82) is 0 Å². The molecule has 23 heavy (non-hydrogen) atoms. The monoisotopic (exact) mass is 313 g/mol. The van der Waals surface area contributed by atoms with Crippen molar-refractivity contribution in [2.24, 2.45) is 0 Å². The highest BCUT2D eigenvalue weighted by Crippen LogP contribution is 2.22. The van der Waals surface area contributed by atoms with Gasteiger partial charge in [-0.1, -0.05) is 31.2 Å². The van der Waals surface area contributed by atoms with Crippen LogP contribution >= 0.6 is 0 Å². The van der Waals surface area contributed by atoms with E-state index in [0.29, 0.717) is 12.1 Å². The van der Waals surface area contributed by atoms with Crippen LogP contribution in [0, 0.1) is 0 Å². The Morgan fingerprint density at radius 1 is 1.00 bits per heavy atom. The van der Waals surface area contributed by atoms with Gasteiger partial charge in [-0.15, -0.1) is 0 Å². The van der Waals surface area contributed by atoms with Gasteiger partial charge in [-0.3, -0.25) is 4.79 Å². The number of phenolic OH excluding ortho intramolecular Hbond substituents is 1. The van der Waals surface area contributed by atoms with Gasteiger partial charge in [0.15, 0.2) is 6.61 Å². The highest BCUT2D eigenvalue weighted by molar-refractivity contribution is 5.91. The summed E-state index contributed by atoms with van der Waals surface area (Å²) in [5.41, 5.74) is 2.24. The van der Waals surface area contributed by atoms with Crippen LogP contribution in [0.4, 0.5) is 0 Å². The normalized spacial score (nSPS) is 10.1. The number of carbonyl (C=O) groups is 2. The lowest BCUT2D eigenvalue weighted by atomic mass is 10.0. The summed E-state index contributed by atoms with van der Waals surface area (Å²) in [6.45, 7) is 2.23. The van der Waals surface area contributed by atoms with Crippen LogP contribution in [0.15, 0.2) is 48.5 Å². The van der Waals surface area contributed by atoms with Gasteiger partial charge in [0.05, 0.1) is 5.56 Å². The molecule has 0 aliphatic rings. The second-order valence-electron chi connectivity index (χ2n) is 5.05. The van der Waals surface area contributed by atoms with Crippen LogP contribution in [0.25, 0.3) is 11.1 Å². The maximum absolute atomic E-state index is 11.9. The van der Waals surface area contributed by atoms with Gasteiger partial charge < -0.3 is 15.2 Å². The Bertz CT molecular complexity index is 662. The number of rotatable bonds is 6. The Morgan fingerprint density at radius 2 is 1.57 bits per heavy atom. The van der Waals surface area contributed by atoms with Crippen LogP contribution in [0.2, 0.25) is 0 Å². The predicted octanol–water partition coefficient (Wildman–Crippen LogP) is 2.74. The summed E-state index contributed by atoms with van der Waals surface area (Å²) >= 11 is 0. The molecule has 0 atom stereocenters. The van der Waals surface area contributed by atoms with E-state index in [-0.39, 0.29) is 18.3 Å². The molecule has 120 valence electrons. The van der Waals surface area contributed by atoms with Crippen molar-refractivity contribution in [1.82, 2.24) is 5.32 Å². The number of phenols is 1. The van der Waals surface area contributed by atoms with Gasteiger partial charge in [0.25, 0.3) is 5.91 Å². The number of benzene rings is 2. The average Bonchev–Trinajstić information content (AvgIpc) is 2.58. The van der Waals surface area contributed by atoms with Crippen LogP contribution in [0.5, 0.6) is 5.75 Å². The Morgan fingerprint density at radius 3 is 2.13 bits per heavy atom. The molecule has 5 heteroatoms. The zero-order chi connectivity index (χ0) is 16.7. The first-order chi connectivity index (χ1) is 11.1. The fourth-order valence-electron chi connectivity index (χ4n) is 1.98. The van der Waals surface area contributed by atoms with Crippen molar-refractivity contribution < 1.29 is 19.4 Å². The molecule has 0 aliphatic carbocycles. The van der Waals surface area contributed by atoms with E-state index >= 15 is 0 Å². The summed E-state index contributed by atoms with van der Waals surface area (Å²) < 4.78 is 4.96. The summed E-state index contributed by atoms with van der Waals surface area (Å²) in [5.74, 6) is -0.634. The van der Waals surface area contributed by atoms with Crippen molar-refractivity contribution in [3.63, 3.8) is 0 Å². The van der Waals surface area contributed by atoms with Crippen molar-refractivity contribution >= 4 is 11.9 Å². The molecule has 0 aromatic heterocycles. The highest BCUT2D eigenvalue weighted by Gasteiger charge is 2.10. The molecule has 2 aromatic carbocycles. The zero-order valence-electron chi connectivity index (χ0n) is 12.9. The number of hydrogen-bond acceptors (Lipinski definition) is 4. The Kier molecular flexibility index (Phi) is 5.74. The number of aromatic hydroxyl groups is 1. The Labute approximate surface area is 134 Å². The minimum atomic E-state index is -0.533. The minimum absolute atomic E-state index is 0.204. The smallest absolute Gasteiger partial charge is 0.338 e. The molecule has 2 aromatic rings. The molecule has 0 saturated carbocycles. The molecule has 0 spiro atoms. The Hall–Kier alpha value is -2.82. The zero-order valence-corrected chi connectivity index (χ0v) is 12.9. The molecular formula is C18H19NO4. The Balaban J connectivity index is 1.95. The lowest BCUT2D eigenvalue weighted by molar-refractivity contribution is -0.124. The number of carbonyl (C=O) groups excluding carboxylic acids is 2. The largest absolute Gasteiger partial charge is 0.508 e. The molecule has 5 nitrogen and oxygen atoms in total. The quantitative estimate of drug-likeness (QED) is 0.804. The van der Waals surface area contributed by atoms with E-state index in [2.05, 4.69) is 5.32 Å². The van der Waals surface area contributed by atoms with Gasteiger partial charge in [0.1, 0.15) is 5.75 Å². The first-order valence-corrected chi connectivity index (χ1v) is 7.43. The number of amides is 1. The van der Waals surface area contributed by atoms with Crippen molar-refractivity contribution in [3.05, 3.63) is 54.1 Å². The van der Waals surface area contributed by atoms with Gasteiger partial charge in [-0.05, 0) is 41.8 Å². The maximum Gasteiger partial charge on any atom is 0.338 e. The molecule has 2 rings (SSSR count). The number of hydrogen-bond donors (Lipinski definition) is 2. The van der Waals surface area contributed by atoms with E-state index in [9.17, 15) is 14.7 Å². The van der Waals surface area contributed by atoms with Crippen LogP contribution < -0.4 is 5.32 Å². The average molecular weight is 313 g/mol. The van der Waals surface area contributed by atoms with Gasteiger partial charge in [0.2, 0.25) is 0 Å². The predicted molar refractivity (Wildman–Crippen MR) is 87.1 cm³/mol.